The van der Waals surface area contributed by atoms with Crippen LogP contribution < -0.4 is 20.9 Å². The van der Waals surface area contributed by atoms with Gasteiger partial charge in [-0.1, -0.05) is 12.1 Å². The van der Waals surface area contributed by atoms with Crippen LogP contribution in [0, 0.1) is 10.8 Å². The van der Waals surface area contributed by atoms with Gasteiger partial charge in [-0.05, 0) is 12.1 Å². The van der Waals surface area contributed by atoms with Crippen LogP contribution in [0.1, 0.15) is 0 Å². The molecule has 0 saturated heterocycles. The average molecular weight is 272 g/mol. The molecular formula is C13H16N6O. The maximum atomic E-state index is 8.08. The fourth-order valence-electron chi connectivity index (χ4n) is 1.88. The minimum atomic E-state index is -0.230. The Labute approximate surface area is 116 Å². The van der Waals surface area contributed by atoms with Crippen LogP contribution in [0.15, 0.2) is 36.7 Å². The second kappa shape index (κ2) is 5.43. The van der Waals surface area contributed by atoms with Gasteiger partial charge < -0.3 is 15.4 Å². The minimum Gasteiger partial charge on any atom is -0.495 e. The summed E-state index contributed by atoms with van der Waals surface area (Å²) in [5, 5.41) is 15.5. The van der Waals surface area contributed by atoms with E-state index in [4.69, 9.17) is 21.3 Å². The van der Waals surface area contributed by atoms with E-state index in [0.29, 0.717) is 11.6 Å². The first-order valence-electron chi connectivity index (χ1n) is 5.89. The number of nitrogens with one attached hydrogen (secondary N) is 2. The monoisotopic (exact) mass is 272 g/mol. The highest BCUT2D eigenvalue weighted by Gasteiger charge is 2.13. The van der Waals surface area contributed by atoms with Gasteiger partial charge >= 0.3 is 0 Å². The number of hydrogen-bond acceptors (Lipinski definition) is 5. The zero-order chi connectivity index (χ0) is 14.7. The van der Waals surface area contributed by atoms with Gasteiger partial charge in [0.1, 0.15) is 5.75 Å². The van der Waals surface area contributed by atoms with Gasteiger partial charge in [-0.3, -0.25) is 15.4 Å². The Morgan fingerprint density at radius 1 is 1.40 bits per heavy atom. The number of methoxy groups -OCH3 is 1. The number of anilines is 2. The molecule has 1 heterocycles. The zero-order valence-electron chi connectivity index (χ0n) is 11.3. The van der Waals surface area contributed by atoms with Crippen LogP contribution in [-0.2, 0) is 0 Å². The third-order valence-electron chi connectivity index (χ3n) is 2.89. The average Bonchev–Trinajstić information content (AvgIpc) is 2.46. The fourth-order valence-corrected chi connectivity index (χ4v) is 1.88. The Morgan fingerprint density at radius 3 is 2.75 bits per heavy atom. The summed E-state index contributed by atoms with van der Waals surface area (Å²) in [6.45, 7) is 0. The summed E-state index contributed by atoms with van der Waals surface area (Å²) in [5.74, 6) is 0.828. The third-order valence-corrected chi connectivity index (χ3v) is 2.89. The van der Waals surface area contributed by atoms with Gasteiger partial charge in [0.25, 0.3) is 0 Å². The van der Waals surface area contributed by atoms with Crippen molar-refractivity contribution in [3.8, 4) is 5.75 Å². The first-order valence-corrected chi connectivity index (χ1v) is 5.89. The van der Waals surface area contributed by atoms with E-state index in [9.17, 15) is 0 Å². The minimum absolute atomic E-state index is 0.0356. The zero-order valence-corrected chi connectivity index (χ0v) is 11.3. The molecular weight excluding hydrogens is 256 g/mol. The lowest BCUT2D eigenvalue weighted by Crippen LogP contribution is -2.35. The van der Waals surface area contributed by atoms with E-state index in [1.807, 2.05) is 24.3 Å². The third kappa shape index (κ3) is 2.33. The molecule has 0 fully saturated rings. The topological polar surface area (TPSA) is 104 Å². The van der Waals surface area contributed by atoms with Crippen molar-refractivity contribution in [2.24, 2.45) is 5.73 Å². The predicted molar refractivity (Wildman–Crippen MR) is 76.5 cm³/mol. The summed E-state index contributed by atoms with van der Waals surface area (Å²) < 4.78 is 6.55. The van der Waals surface area contributed by atoms with Crippen molar-refractivity contribution in [1.29, 1.82) is 10.8 Å². The van der Waals surface area contributed by atoms with Crippen molar-refractivity contribution < 1.29 is 4.74 Å². The maximum absolute atomic E-state index is 8.08. The molecule has 20 heavy (non-hydrogen) atoms. The molecule has 2 aromatic rings. The quantitative estimate of drug-likeness (QED) is 0.570. The number of benzene rings is 1. The van der Waals surface area contributed by atoms with E-state index in [1.165, 1.54) is 17.0 Å². The number of nitrogens with zero attached hydrogens (tertiary/aromatic N) is 3. The molecule has 7 nitrogen and oxygen atoms in total. The fraction of sp³-hybridized carbons (Fsp3) is 0.154. The lowest BCUT2D eigenvalue weighted by molar-refractivity contribution is 0.415. The van der Waals surface area contributed by atoms with Crippen LogP contribution in [0.5, 0.6) is 5.75 Å². The Balaban J connectivity index is 2.54. The Kier molecular flexibility index (Phi) is 3.69. The lowest BCUT2D eigenvalue weighted by atomic mass is 10.2. The normalized spacial score (nSPS) is 10.1. The molecule has 0 aliphatic carbocycles. The number of ether oxygens (including phenoxy) is 1. The van der Waals surface area contributed by atoms with Crippen molar-refractivity contribution in [3.63, 3.8) is 0 Å². The van der Waals surface area contributed by atoms with Crippen molar-refractivity contribution in [2.75, 3.05) is 19.1 Å². The molecule has 0 bridgehead atoms. The van der Waals surface area contributed by atoms with Crippen LogP contribution in [0.3, 0.4) is 0 Å². The van der Waals surface area contributed by atoms with Crippen molar-refractivity contribution >= 4 is 17.5 Å². The van der Waals surface area contributed by atoms with E-state index in [-0.39, 0.29) is 11.4 Å². The van der Waals surface area contributed by atoms with Crippen molar-refractivity contribution in [1.82, 2.24) is 9.55 Å². The number of rotatable bonds is 3. The number of aromatic nitrogens is 2. The maximum Gasteiger partial charge on any atom is 0.198 e. The molecule has 1 aromatic heterocycles. The molecule has 0 aliphatic rings. The van der Waals surface area contributed by atoms with Gasteiger partial charge in [0.2, 0.25) is 0 Å². The number of nitrogens with two attached hydrogens (primary N) is 1. The number of hydrogen-bond donors (Lipinski definition) is 3. The molecule has 0 saturated carbocycles. The van der Waals surface area contributed by atoms with Gasteiger partial charge in [0, 0.05) is 19.4 Å². The Morgan fingerprint density at radius 2 is 2.10 bits per heavy atom. The van der Waals surface area contributed by atoms with Crippen LogP contribution in [0.25, 0.3) is 0 Å². The summed E-state index contributed by atoms with van der Waals surface area (Å²) in [6, 6.07) is 7.44. The SMILES string of the molecule is COc1ccccc1N(C)c1nccn(C(=N)N)c1=N. The smallest absolute Gasteiger partial charge is 0.198 e. The summed E-state index contributed by atoms with van der Waals surface area (Å²) in [7, 11) is 3.37. The molecule has 0 atom stereocenters. The highest BCUT2D eigenvalue weighted by molar-refractivity contribution is 5.77. The van der Waals surface area contributed by atoms with Crippen LogP contribution >= 0.6 is 0 Å². The molecule has 4 N–H and O–H groups in total. The standard InChI is InChI=1S/C13H16N6O/c1-18(9-5-3-4-6-10(9)20-2)12-11(14)19(13(15)16)8-7-17-12/h3-8,14H,1-2H3,(H3,15,16). The predicted octanol–water partition coefficient (Wildman–Crippen LogP) is 0.881. The van der Waals surface area contributed by atoms with E-state index >= 15 is 0 Å². The second-order valence-electron chi connectivity index (χ2n) is 4.09. The van der Waals surface area contributed by atoms with Crippen LogP contribution in [0.2, 0.25) is 0 Å². The van der Waals surface area contributed by atoms with Crippen molar-refractivity contribution in [3.05, 3.63) is 42.1 Å². The second-order valence-corrected chi connectivity index (χ2v) is 4.09. The molecule has 0 aliphatic heterocycles. The summed E-state index contributed by atoms with van der Waals surface area (Å²) in [6.07, 6.45) is 2.98. The molecule has 7 heteroatoms. The summed E-state index contributed by atoms with van der Waals surface area (Å²) in [4.78, 5) is 5.91. The van der Waals surface area contributed by atoms with E-state index in [1.54, 1.807) is 19.1 Å². The van der Waals surface area contributed by atoms with Gasteiger partial charge in [0.05, 0.1) is 12.8 Å². The molecule has 0 unspecified atom stereocenters. The Hall–Kier alpha value is -2.83. The lowest BCUT2D eigenvalue weighted by Gasteiger charge is -2.21. The van der Waals surface area contributed by atoms with E-state index < -0.39 is 0 Å². The number of nitrogen functional groups attached to an aromatic ring is 1. The highest BCUT2D eigenvalue weighted by Crippen LogP contribution is 2.29. The highest BCUT2D eigenvalue weighted by atomic mass is 16.5. The number of para-hydroxylation sites is 2. The summed E-state index contributed by atoms with van der Waals surface area (Å²) >= 11 is 0. The van der Waals surface area contributed by atoms with Gasteiger partial charge in [-0.15, -0.1) is 0 Å². The molecule has 0 radical (unpaired) electrons. The molecule has 2 rings (SSSR count). The van der Waals surface area contributed by atoms with Gasteiger partial charge in [0.15, 0.2) is 17.3 Å². The van der Waals surface area contributed by atoms with Crippen molar-refractivity contribution in [2.45, 2.75) is 0 Å². The largest absolute Gasteiger partial charge is 0.495 e. The van der Waals surface area contributed by atoms with Crippen LogP contribution in [-0.4, -0.2) is 29.7 Å². The molecule has 1 aromatic carbocycles. The van der Waals surface area contributed by atoms with E-state index in [2.05, 4.69) is 4.98 Å². The summed E-state index contributed by atoms with van der Waals surface area (Å²) in [5.41, 5.74) is 6.24. The first kappa shape index (κ1) is 13.6. The molecule has 0 amide bonds. The van der Waals surface area contributed by atoms with Gasteiger partial charge in [-0.2, -0.15) is 0 Å². The van der Waals surface area contributed by atoms with Gasteiger partial charge in [-0.25, -0.2) is 4.98 Å². The van der Waals surface area contributed by atoms with Crippen LogP contribution in [0.4, 0.5) is 11.5 Å². The first-order chi connectivity index (χ1) is 9.56. The van der Waals surface area contributed by atoms with E-state index in [0.717, 1.165) is 5.69 Å². The Bertz CT molecular complexity index is 693. The molecule has 0 spiro atoms. The molecule has 104 valence electrons.